The number of carbonyl (C=O) groups is 1. The number of likely N-dealkylation sites (N-methyl/N-ethyl adjacent to an activating group) is 1. The Bertz CT molecular complexity index is 394. The normalized spacial score (nSPS) is 10.5. The predicted octanol–water partition coefficient (Wildman–Crippen LogP) is 2.89. The molecule has 0 aliphatic rings. The number of aliphatic imine (C=N–C) groups is 1. The molecule has 0 bridgehead atoms. The van der Waals surface area contributed by atoms with Gasteiger partial charge in [-0.05, 0) is 26.2 Å². The van der Waals surface area contributed by atoms with Crippen molar-refractivity contribution in [3.63, 3.8) is 0 Å². The Kier molecular flexibility index (Phi) is 15.3. The van der Waals surface area contributed by atoms with E-state index in [4.69, 9.17) is 0 Å². The lowest BCUT2D eigenvalue weighted by atomic mass is 10.2. The first-order valence-corrected chi connectivity index (χ1v) is 7.83. The minimum Gasteiger partial charge on any atom is -0.353 e. The molecule has 6 heteroatoms. The van der Waals surface area contributed by atoms with Crippen LogP contribution in [0.15, 0.2) is 29.8 Å². The summed E-state index contributed by atoms with van der Waals surface area (Å²) in [5.74, 6) is 0.746. The zero-order valence-electron chi connectivity index (χ0n) is 15.1. The minimum absolute atomic E-state index is 0. The number of halogens is 1. The van der Waals surface area contributed by atoms with Crippen molar-refractivity contribution in [3.05, 3.63) is 24.8 Å². The van der Waals surface area contributed by atoms with Crippen LogP contribution in [0.4, 0.5) is 0 Å². The largest absolute Gasteiger partial charge is 0.353 e. The van der Waals surface area contributed by atoms with Crippen LogP contribution in [0.3, 0.4) is 0 Å². The fourth-order valence-electron chi connectivity index (χ4n) is 1.75. The second kappa shape index (κ2) is 14.5. The summed E-state index contributed by atoms with van der Waals surface area (Å²) in [4.78, 5) is 19.7. The Labute approximate surface area is 158 Å². The third-order valence-electron chi connectivity index (χ3n) is 3.17. The number of allylic oxidation sites excluding steroid dienone is 1. The van der Waals surface area contributed by atoms with Crippen molar-refractivity contribution in [1.82, 2.24) is 15.1 Å². The molecule has 1 amide bonds. The van der Waals surface area contributed by atoms with Gasteiger partial charge in [-0.25, -0.2) is 4.99 Å². The predicted molar refractivity (Wildman–Crippen MR) is 111 cm³/mol. The highest BCUT2D eigenvalue weighted by molar-refractivity contribution is 14.0. The van der Waals surface area contributed by atoms with Crippen molar-refractivity contribution in [2.24, 2.45) is 4.99 Å². The summed E-state index contributed by atoms with van der Waals surface area (Å²) in [6.07, 6.45) is 6.45. The van der Waals surface area contributed by atoms with E-state index in [-0.39, 0.29) is 36.4 Å². The average Bonchev–Trinajstić information content (AvgIpc) is 2.46. The van der Waals surface area contributed by atoms with E-state index in [9.17, 15) is 4.79 Å². The molecular weight excluding hydrogens is 403 g/mol. The Balaban J connectivity index is 0. The highest BCUT2D eigenvalue weighted by atomic mass is 127. The second-order valence-corrected chi connectivity index (χ2v) is 5.80. The Hall–Kier alpha value is -1.05. The molecule has 0 unspecified atom stereocenters. The molecule has 0 saturated carbocycles. The number of unbranched alkanes of at least 4 members (excludes halogenated alkanes) is 3. The molecule has 0 aliphatic carbocycles. The number of nitrogens with zero attached hydrogens (tertiary/aromatic N) is 3. The summed E-state index contributed by atoms with van der Waals surface area (Å²) < 4.78 is 0. The first-order valence-electron chi connectivity index (χ1n) is 7.83. The highest BCUT2D eigenvalue weighted by Crippen LogP contribution is 2.02. The summed E-state index contributed by atoms with van der Waals surface area (Å²) in [6.45, 7) is 11.3. The van der Waals surface area contributed by atoms with E-state index >= 15 is 0 Å². The number of hydrogen-bond donors (Lipinski definition) is 1. The van der Waals surface area contributed by atoms with Gasteiger partial charge in [0.05, 0.1) is 0 Å². The molecule has 5 nitrogen and oxygen atoms in total. The highest BCUT2D eigenvalue weighted by Gasteiger charge is 2.08. The molecule has 1 N–H and O–H groups in total. The monoisotopic (exact) mass is 436 g/mol. The summed E-state index contributed by atoms with van der Waals surface area (Å²) in [5, 5.41) is 3.25. The van der Waals surface area contributed by atoms with Gasteiger partial charge in [0.15, 0.2) is 5.96 Å². The van der Waals surface area contributed by atoms with E-state index in [1.165, 1.54) is 12.8 Å². The lowest BCUT2D eigenvalue weighted by molar-refractivity contribution is -0.127. The Morgan fingerprint density at radius 2 is 1.87 bits per heavy atom. The molecule has 0 aromatic carbocycles. The van der Waals surface area contributed by atoms with Crippen molar-refractivity contribution < 1.29 is 4.79 Å². The van der Waals surface area contributed by atoms with Gasteiger partial charge >= 0.3 is 0 Å². The maximum absolute atomic E-state index is 11.7. The maximum Gasteiger partial charge on any atom is 0.243 e. The maximum atomic E-state index is 11.7. The van der Waals surface area contributed by atoms with Crippen LogP contribution in [0.2, 0.25) is 0 Å². The van der Waals surface area contributed by atoms with Crippen LogP contribution in [-0.4, -0.2) is 62.4 Å². The van der Waals surface area contributed by atoms with Crippen LogP contribution in [-0.2, 0) is 4.79 Å². The number of guanidine groups is 1. The molecule has 0 rings (SSSR count). The molecule has 0 spiro atoms. The third-order valence-corrected chi connectivity index (χ3v) is 3.17. The van der Waals surface area contributed by atoms with E-state index in [0.29, 0.717) is 6.54 Å². The molecule has 0 aliphatic heterocycles. The lowest BCUT2D eigenvalue weighted by Gasteiger charge is -2.23. The molecule has 23 heavy (non-hydrogen) atoms. The van der Waals surface area contributed by atoms with E-state index in [1.54, 1.807) is 19.0 Å². The van der Waals surface area contributed by atoms with Crippen LogP contribution in [0.5, 0.6) is 0 Å². The van der Waals surface area contributed by atoms with Gasteiger partial charge in [-0.2, -0.15) is 0 Å². The third kappa shape index (κ3) is 13.1. The molecule has 0 heterocycles. The summed E-state index contributed by atoms with van der Waals surface area (Å²) in [5.41, 5.74) is 1.03. The molecule has 134 valence electrons. The van der Waals surface area contributed by atoms with E-state index < -0.39 is 0 Å². The molecule has 0 atom stereocenters. The van der Waals surface area contributed by atoms with Gasteiger partial charge in [0.25, 0.3) is 0 Å². The van der Waals surface area contributed by atoms with Crippen LogP contribution in [0.1, 0.15) is 32.6 Å². The van der Waals surface area contributed by atoms with Crippen molar-refractivity contribution >= 4 is 35.8 Å². The zero-order chi connectivity index (χ0) is 17.0. The van der Waals surface area contributed by atoms with Gasteiger partial charge in [-0.1, -0.05) is 24.6 Å². The number of amides is 1. The standard InChI is InChI=1S/C17H32N4O.HI/c1-7-8-9-10-11-12-21(6)17(18-13-15(2)3)19-14-16(22)20(4)5;/h7H,1-2,8-14H2,3-6H3,(H,18,19);1H. The van der Waals surface area contributed by atoms with Crippen LogP contribution in [0, 0.1) is 0 Å². The molecule has 0 aromatic heterocycles. The van der Waals surface area contributed by atoms with Crippen LogP contribution < -0.4 is 5.32 Å². The summed E-state index contributed by atoms with van der Waals surface area (Å²) >= 11 is 0. The number of rotatable bonds is 10. The molecule has 0 radical (unpaired) electrons. The summed E-state index contributed by atoms with van der Waals surface area (Å²) in [7, 11) is 5.47. The fraction of sp³-hybridized carbons (Fsp3) is 0.647. The van der Waals surface area contributed by atoms with E-state index in [2.05, 4.69) is 28.4 Å². The number of carbonyl (C=O) groups excluding carboxylic acids is 1. The Morgan fingerprint density at radius 3 is 2.39 bits per heavy atom. The SMILES string of the molecule is C=CCCCCCN(C)C(=NCC(=O)N(C)C)NCC(=C)C.I. The van der Waals surface area contributed by atoms with Gasteiger partial charge in [0.2, 0.25) is 5.91 Å². The second-order valence-electron chi connectivity index (χ2n) is 5.80. The van der Waals surface area contributed by atoms with E-state index in [0.717, 1.165) is 30.9 Å². The van der Waals surface area contributed by atoms with Gasteiger partial charge in [0, 0.05) is 34.2 Å². The van der Waals surface area contributed by atoms with Crippen molar-refractivity contribution in [2.45, 2.75) is 32.6 Å². The smallest absolute Gasteiger partial charge is 0.243 e. The molecule has 0 aromatic rings. The van der Waals surface area contributed by atoms with Gasteiger partial charge < -0.3 is 15.1 Å². The first-order chi connectivity index (χ1) is 10.4. The minimum atomic E-state index is -0.00555. The van der Waals surface area contributed by atoms with E-state index in [1.807, 2.05) is 20.0 Å². The van der Waals surface area contributed by atoms with Crippen molar-refractivity contribution in [2.75, 3.05) is 40.8 Å². The topological polar surface area (TPSA) is 47.9 Å². The molecule has 0 fully saturated rings. The van der Waals surface area contributed by atoms with Crippen molar-refractivity contribution in [3.8, 4) is 0 Å². The van der Waals surface area contributed by atoms with Crippen LogP contribution >= 0.6 is 24.0 Å². The fourth-order valence-corrected chi connectivity index (χ4v) is 1.75. The lowest BCUT2D eigenvalue weighted by Crippen LogP contribution is -2.41. The zero-order valence-corrected chi connectivity index (χ0v) is 17.4. The first kappa shape index (κ1) is 24.2. The molecular formula is C17H33IN4O. The number of hydrogen-bond acceptors (Lipinski definition) is 2. The Morgan fingerprint density at radius 1 is 1.22 bits per heavy atom. The van der Waals surface area contributed by atoms with Crippen LogP contribution in [0.25, 0.3) is 0 Å². The average molecular weight is 436 g/mol. The molecule has 0 saturated heterocycles. The van der Waals surface area contributed by atoms with Gasteiger partial charge in [-0.15, -0.1) is 30.6 Å². The summed E-state index contributed by atoms with van der Waals surface area (Å²) in [6, 6.07) is 0. The van der Waals surface area contributed by atoms with Gasteiger partial charge in [0.1, 0.15) is 6.54 Å². The van der Waals surface area contributed by atoms with Gasteiger partial charge in [-0.3, -0.25) is 4.79 Å². The number of nitrogens with one attached hydrogen (secondary N) is 1. The quantitative estimate of drug-likeness (QED) is 0.188. The van der Waals surface area contributed by atoms with Crippen molar-refractivity contribution in [1.29, 1.82) is 0 Å².